The highest BCUT2D eigenvalue weighted by molar-refractivity contribution is 7.09. The number of thiazole rings is 1. The molecule has 2 aromatic rings. The Bertz CT molecular complexity index is 482. The van der Waals surface area contributed by atoms with E-state index in [1.54, 1.807) is 23.5 Å². The molecule has 0 saturated carbocycles. The number of hydrogen-bond donors (Lipinski definition) is 2. The molecule has 4 heteroatoms. The third-order valence-corrected chi connectivity index (χ3v) is 3.29. The number of nitrogens with zero attached hydrogens (tertiary/aromatic N) is 1. The van der Waals surface area contributed by atoms with Crippen molar-refractivity contribution in [2.45, 2.75) is 19.9 Å². The quantitative estimate of drug-likeness (QED) is 0.799. The summed E-state index contributed by atoms with van der Waals surface area (Å²) in [5, 5.41) is 15.9. The SMILES string of the molecule is Cc1nc(CCNCc2cccc(O)c2)cs1. The summed E-state index contributed by atoms with van der Waals surface area (Å²) in [7, 11) is 0. The van der Waals surface area contributed by atoms with E-state index in [0.717, 1.165) is 35.8 Å². The van der Waals surface area contributed by atoms with Crippen LogP contribution in [0.5, 0.6) is 5.75 Å². The zero-order chi connectivity index (χ0) is 12.1. The normalized spacial score (nSPS) is 10.6. The fourth-order valence-electron chi connectivity index (χ4n) is 1.64. The standard InChI is InChI=1S/C13H16N2OS/c1-10-15-12(9-17-10)5-6-14-8-11-3-2-4-13(16)7-11/h2-4,7,9,14,16H,5-6,8H2,1H3. The predicted molar refractivity (Wildman–Crippen MR) is 70.4 cm³/mol. The van der Waals surface area contributed by atoms with Crippen LogP contribution in [0.15, 0.2) is 29.6 Å². The van der Waals surface area contributed by atoms with Crippen LogP contribution in [-0.4, -0.2) is 16.6 Å². The molecule has 3 nitrogen and oxygen atoms in total. The first-order chi connectivity index (χ1) is 8.24. The van der Waals surface area contributed by atoms with Crippen LogP contribution in [0.2, 0.25) is 0 Å². The molecule has 0 bridgehead atoms. The molecule has 0 aliphatic carbocycles. The number of aromatic nitrogens is 1. The Morgan fingerprint density at radius 1 is 1.41 bits per heavy atom. The van der Waals surface area contributed by atoms with Gasteiger partial charge in [-0.1, -0.05) is 12.1 Å². The van der Waals surface area contributed by atoms with E-state index in [1.807, 2.05) is 19.1 Å². The number of benzene rings is 1. The van der Waals surface area contributed by atoms with Crippen LogP contribution >= 0.6 is 11.3 Å². The topological polar surface area (TPSA) is 45.2 Å². The van der Waals surface area contributed by atoms with Gasteiger partial charge in [-0.25, -0.2) is 4.98 Å². The lowest BCUT2D eigenvalue weighted by atomic mass is 10.2. The lowest BCUT2D eigenvalue weighted by Gasteiger charge is -2.04. The highest BCUT2D eigenvalue weighted by Crippen LogP contribution is 2.10. The molecule has 0 aliphatic heterocycles. The Hall–Kier alpha value is -1.39. The average molecular weight is 248 g/mol. The van der Waals surface area contributed by atoms with Crippen LogP contribution < -0.4 is 5.32 Å². The van der Waals surface area contributed by atoms with E-state index in [2.05, 4.69) is 15.7 Å². The minimum Gasteiger partial charge on any atom is -0.508 e. The largest absolute Gasteiger partial charge is 0.508 e. The summed E-state index contributed by atoms with van der Waals surface area (Å²) in [5.74, 6) is 0.319. The molecular formula is C13H16N2OS. The molecule has 0 atom stereocenters. The van der Waals surface area contributed by atoms with Crippen molar-refractivity contribution in [3.8, 4) is 5.75 Å². The lowest BCUT2D eigenvalue weighted by molar-refractivity contribution is 0.474. The zero-order valence-electron chi connectivity index (χ0n) is 9.81. The van der Waals surface area contributed by atoms with E-state index >= 15 is 0 Å². The van der Waals surface area contributed by atoms with Gasteiger partial charge >= 0.3 is 0 Å². The maximum Gasteiger partial charge on any atom is 0.115 e. The third kappa shape index (κ3) is 3.84. The van der Waals surface area contributed by atoms with Crippen LogP contribution in [0, 0.1) is 6.92 Å². The number of aryl methyl sites for hydroxylation is 1. The Kier molecular flexibility index (Phi) is 4.12. The van der Waals surface area contributed by atoms with Gasteiger partial charge in [-0.2, -0.15) is 0 Å². The van der Waals surface area contributed by atoms with Crippen LogP contribution in [0.1, 0.15) is 16.3 Å². The number of aromatic hydroxyl groups is 1. The van der Waals surface area contributed by atoms with Crippen molar-refractivity contribution in [3.63, 3.8) is 0 Å². The monoisotopic (exact) mass is 248 g/mol. The Morgan fingerprint density at radius 3 is 3.00 bits per heavy atom. The first kappa shape index (κ1) is 12.1. The maximum absolute atomic E-state index is 9.31. The van der Waals surface area contributed by atoms with E-state index < -0.39 is 0 Å². The van der Waals surface area contributed by atoms with Gasteiger partial charge in [0.1, 0.15) is 5.75 Å². The fraction of sp³-hybridized carbons (Fsp3) is 0.308. The van der Waals surface area contributed by atoms with E-state index in [1.165, 1.54) is 0 Å². The average Bonchev–Trinajstić information content (AvgIpc) is 2.71. The second-order valence-corrected chi connectivity index (χ2v) is 5.02. The molecule has 2 rings (SSSR count). The molecule has 17 heavy (non-hydrogen) atoms. The first-order valence-electron chi connectivity index (χ1n) is 5.63. The van der Waals surface area contributed by atoms with Gasteiger partial charge in [0.15, 0.2) is 0 Å². The molecular weight excluding hydrogens is 232 g/mol. The van der Waals surface area contributed by atoms with Crippen molar-refractivity contribution in [2.75, 3.05) is 6.54 Å². The molecule has 0 spiro atoms. The molecule has 1 aromatic heterocycles. The van der Waals surface area contributed by atoms with Gasteiger partial charge in [0.05, 0.1) is 10.7 Å². The van der Waals surface area contributed by atoms with Crippen LogP contribution in [-0.2, 0) is 13.0 Å². The Labute approximate surface area is 105 Å². The lowest BCUT2D eigenvalue weighted by Crippen LogP contribution is -2.16. The molecule has 90 valence electrons. The molecule has 0 amide bonds. The van der Waals surface area contributed by atoms with Gasteiger partial charge in [-0.05, 0) is 24.6 Å². The summed E-state index contributed by atoms with van der Waals surface area (Å²) >= 11 is 1.69. The van der Waals surface area contributed by atoms with Crippen LogP contribution in [0.25, 0.3) is 0 Å². The number of nitrogens with one attached hydrogen (secondary N) is 1. The highest BCUT2D eigenvalue weighted by atomic mass is 32.1. The van der Waals surface area contributed by atoms with E-state index in [4.69, 9.17) is 0 Å². The molecule has 0 fully saturated rings. The molecule has 0 saturated heterocycles. The van der Waals surface area contributed by atoms with Gasteiger partial charge in [0, 0.05) is 24.9 Å². The summed E-state index contributed by atoms with van der Waals surface area (Å²) in [6, 6.07) is 7.32. The summed E-state index contributed by atoms with van der Waals surface area (Å²) in [6.07, 6.45) is 0.948. The zero-order valence-corrected chi connectivity index (χ0v) is 10.6. The second kappa shape index (κ2) is 5.80. The molecule has 2 N–H and O–H groups in total. The van der Waals surface area contributed by atoms with Gasteiger partial charge in [-0.15, -0.1) is 11.3 Å². The fourth-order valence-corrected chi connectivity index (χ4v) is 2.29. The number of rotatable bonds is 5. The summed E-state index contributed by atoms with van der Waals surface area (Å²) < 4.78 is 0. The summed E-state index contributed by atoms with van der Waals surface area (Å²) in [6.45, 7) is 3.70. The van der Waals surface area contributed by atoms with E-state index in [-0.39, 0.29) is 0 Å². The predicted octanol–water partition coefficient (Wildman–Crippen LogP) is 2.49. The molecule has 1 heterocycles. The molecule has 0 unspecified atom stereocenters. The maximum atomic E-state index is 9.31. The van der Waals surface area contributed by atoms with Crippen molar-refractivity contribution in [2.24, 2.45) is 0 Å². The van der Waals surface area contributed by atoms with E-state index in [0.29, 0.717) is 5.75 Å². The van der Waals surface area contributed by atoms with Crippen molar-refractivity contribution < 1.29 is 5.11 Å². The van der Waals surface area contributed by atoms with E-state index in [9.17, 15) is 5.11 Å². The second-order valence-electron chi connectivity index (χ2n) is 3.95. The van der Waals surface area contributed by atoms with Gasteiger partial charge in [0.2, 0.25) is 0 Å². The van der Waals surface area contributed by atoms with Crippen molar-refractivity contribution in [3.05, 3.63) is 45.9 Å². The smallest absolute Gasteiger partial charge is 0.115 e. The first-order valence-corrected chi connectivity index (χ1v) is 6.51. The Balaban J connectivity index is 1.73. The van der Waals surface area contributed by atoms with Gasteiger partial charge in [-0.3, -0.25) is 0 Å². The van der Waals surface area contributed by atoms with Gasteiger partial charge < -0.3 is 10.4 Å². The molecule has 0 aliphatic rings. The van der Waals surface area contributed by atoms with Crippen LogP contribution in [0.4, 0.5) is 0 Å². The molecule has 1 aromatic carbocycles. The van der Waals surface area contributed by atoms with Crippen LogP contribution in [0.3, 0.4) is 0 Å². The number of phenolic OH excluding ortho intramolecular Hbond substituents is 1. The molecule has 0 radical (unpaired) electrons. The van der Waals surface area contributed by atoms with Gasteiger partial charge in [0.25, 0.3) is 0 Å². The van der Waals surface area contributed by atoms with Crippen molar-refractivity contribution in [1.82, 2.24) is 10.3 Å². The third-order valence-electron chi connectivity index (χ3n) is 2.46. The number of hydrogen-bond acceptors (Lipinski definition) is 4. The number of phenols is 1. The van der Waals surface area contributed by atoms with Crippen molar-refractivity contribution >= 4 is 11.3 Å². The summed E-state index contributed by atoms with van der Waals surface area (Å²) in [5.41, 5.74) is 2.25. The Morgan fingerprint density at radius 2 is 2.29 bits per heavy atom. The van der Waals surface area contributed by atoms with Crippen molar-refractivity contribution in [1.29, 1.82) is 0 Å². The minimum absolute atomic E-state index is 0.319. The highest BCUT2D eigenvalue weighted by Gasteiger charge is 1.98. The minimum atomic E-state index is 0.319. The summed E-state index contributed by atoms with van der Waals surface area (Å²) in [4.78, 5) is 4.41.